The average Bonchev–Trinajstić information content (AvgIpc) is 2.40. The van der Waals surface area contributed by atoms with Crippen LogP contribution < -0.4 is 0 Å². The van der Waals surface area contributed by atoms with Gasteiger partial charge in [0.25, 0.3) is 0 Å². The van der Waals surface area contributed by atoms with E-state index in [0.717, 1.165) is 0 Å². The fraction of sp³-hybridized carbons (Fsp3) is 0. The second-order valence-electron chi connectivity index (χ2n) is 3.34. The van der Waals surface area contributed by atoms with Gasteiger partial charge in [-0.2, -0.15) is 0 Å². The molecule has 0 fully saturated rings. The van der Waals surface area contributed by atoms with Crippen LogP contribution in [0.3, 0.4) is 0 Å². The zero-order valence-corrected chi connectivity index (χ0v) is 9.35. The first kappa shape index (κ1) is 13.7. The predicted octanol–water partition coefficient (Wildman–Crippen LogP) is 3.28. The van der Waals surface area contributed by atoms with Gasteiger partial charge >= 0.3 is 0 Å². The minimum Gasteiger partial charge on any atom is -0.298 e. The lowest BCUT2D eigenvalue weighted by atomic mass is 10.2. The van der Waals surface area contributed by atoms with Gasteiger partial charge in [0, 0.05) is 11.1 Å². The molecular formula is C14H10F2O2. The molecule has 0 heterocycles. The van der Waals surface area contributed by atoms with Crippen molar-refractivity contribution in [2.45, 2.75) is 0 Å². The Morgan fingerprint density at radius 1 is 0.722 bits per heavy atom. The van der Waals surface area contributed by atoms with Crippen LogP contribution in [0.2, 0.25) is 0 Å². The van der Waals surface area contributed by atoms with Gasteiger partial charge in [-0.25, -0.2) is 8.78 Å². The molecule has 0 aliphatic heterocycles. The lowest BCUT2D eigenvalue weighted by molar-refractivity contribution is 0.111. The smallest absolute Gasteiger partial charge is 0.150 e. The third kappa shape index (κ3) is 4.65. The molecule has 0 N–H and O–H groups in total. The first-order chi connectivity index (χ1) is 8.65. The summed E-state index contributed by atoms with van der Waals surface area (Å²) < 4.78 is 24.3. The largest absolute Gasteiger partial charge is 0.298 e. The van der Waals surface area contributed by atoms with Gasteiger partial charge in [-0.3, -0.25) is 9.59 Å². The molecule has 0 amide bonds. The number of aldehydes is 2. The van der Waals surface area contributed by atoms with Crippen molar-refractivity contribution in [1.82, 2.24) is 0 Å². The first-order valence-electron chi connectivity index (χ1n) is 5.07. The van der Waals surface area contributed by atoms with E-state index in [1.54, 1.807) is 6.07 Å². The molecule has 0 aliphatic carbocycles. The SMILES string of the molecule is O=Cc1ccc(F)cc1.O=Cc1cccc(F)c1. The highest BCUT2D eigenvalue weighted by atomic mass is 19.1. The van der Waals surface area contributed by atoms with Crippen LogP contribution in [0.15, 0.2) is 48.5 Å². The van der Waals surface area contributed by atoms with Crippen LogP contribution in [0.5, 0.6) is 0 Å². The number of hydrogen-bond donors (Lipinski definition) is 0. The van der Waals surface area contributed by atoms with Crippen molar-refractivity contribution < 1.29 is 18.4 Å². The van der Waals surface area contributed by atoms with Crippen molar-refractivity contribution in [2.24, 2.45) is 0 Å². The zero-order valence-electron chi connectivity index (χ0n) is 9.35. The molecule has 0 aromatic heterocycles. The van der Waals surface area contributed by atoms with Crippen LogP contribution in [-0.4, -0.2) is 12.6 Å². The number of rotatable bonds is 2. The Morgan fingerprint density at radius 2 is 1.33 bits per heavy atom. The van der Waals surface area contributed by atoms with Crippen LogP contribution in [0, 0.1) is 11.6 Å². The Labute approximate surface area is 103 Å². The molecule has 2 aromatic carbocycles. The van der Waals surface area contributed by atoms with E-state index in [-0.39, 0.29) is 11.6 Å². The summed E-state index contributed by atoms with van der Waals surface area (Å²) in [6.07, 6.45) is 1.29. The van der Waals surface area contributed by atoms with Crippen molar-refractivity contribution in [3.05, 3.63) is 71.3 Å². The fourth-order valence-corrected chi connectivity index (χ4v) is 1.12. The molecule has 2 rings (SSSR count). The molecule has 2 nitrogen and oxygen atoms in total. The summed E-state index contributed by atoms with van der Waals surface area (Å²) in [4.78, 5) is 20.0. The lowest BCUT2D eigenvalue weighted by Gasteiger charge is -1.86. The minimum atomic E-state index is -0.375. The van der Waals surface area contributed by atoms with Crippen molar-refractivity contribution in [3.8, 4) is 0 Å². The molecule has 92 valence electrons. The van der Waals surface area contributed by atoms with Gasteiger partial charge in [-0.15, -0.1) is 0 Å². The topological polar surface area (TPSA) is 34.1 Å². The summed E-state index contributed by atoms with van der Waals surface area (Å²) in [7, 11) is 0. The van der Waals surface area contributed by atoms with Gasteiger partial charge in [-0.05, 0) is 36.4 Å². The second-order valence-corrected chi connectivity index (χ2v) is 3.34. The summed E-state index contributed by atoms with van der Waals surface area (Å²) in [5.41, 5.74) is 0.867. The molecular weight excluding hydrogens is 238 g/mol. The normalized spacial score (nSPS) is 9.00. The van der Waals surface area contributed by atoms with Crippen LogP contribution >= 0.6 is 0 Å². The molecule has 0 unspecified atom stereocenters. The van der Waals surface area contributed by atoms with Crippen molar-refractivity contribution in [1.29, 1.82) is 0 Å². The molecule has 0 saturated heterocycles. The maximum atomic E-state index is 12.2. The molecule has 2 aromatic rings. The van der Waals surface area contributed by atoms with Crippen LogP contribution in [0.4, 0.5) is 8.78 Å². The van der Waals surface area contributed by atoms with Gasteiger partial charge < -0.3 is 0 Å². The Kier molecular flexibility index (Phi) is 5.38. The quantitative estimate of drug-likeness (QED) is 0.764. The standard InChI is InChI=1S/2C7H5FO/c8-7-3-1-6(5-9)2-4-7;8-7-3-1-2-6(4-7)5-9/h2*1-5H. The Balaban J connectivity index is 0.000000180. The van der Waals surface area contributed by atoms with Gasteiger partial charge in [-0.1, -0.05) is 12.1 Å². The number of carbonyl (C=O) groups is 2. The summed E-state index contributed by atoms with van der Waals surface area (Å²) in [5, 5.41) is 0. The van der Waals surface area contributed by atoms with E-state index in [9.17, 15) is 18.4 Å². The van der Waals surface area contributed by atoms with E-state index in [4.69, 9.17) is 0 Å². The van der Waals surface area contributed by atoms with E-state index < -0.39 is 0 Å². The number of benzene rings is 2. The maximum absolute atomic E-state index is 12.2. The fourth-order valence-electron chi connectivity index (χ4n) is 1.12. The summed E-state index contributed by atoms with van der Waals surface area (Å²) in [5.74, 6) is -0.694. The monoisotopic (exact) mass is 248 g/mol. The van der Waals surface area contributed by atoms with E-state index in [0.29, 0.717) is 23.7 Å². The maximum Gasteiger partial charge on any atom is 0.150 e. The number of hydrogen-bond acceptors (Lipinski definition) is 2. The van der Waals surface area contributed by atoms with Crippen molar-refractivity contribution >= 4 is 12.6 Å². The summed E-state index contributed by atoms with van der Waals surface area (Å²) in [6, 6.07) is 10.9. The van der Waals surface area contributed by atoms with Crippen LogP contribution in [0.1, 0.15) is 20.7 Å². The number of halogens is 2. The molecule has 4 heteroatoms. The Morgan fingerprint density at radius 3 is 1.78 bits per heavy atom. The highest BCUT2D eigenvalue weighted by Crippen LogP contribution is 1.99. The van der Waals surface area contributed by atoms with E-state index in [2.05, 4.69) is 0 Å². The Hall–Kier alpha value is -2.36. The first-order valence-corrected chi connectivity index (χ1v) is 5.07. The van der Waals surface area contributed by atoms with Gasteiger partial charge in [0.05, 0.1) is 0 Å². The van der Waals surface area contributed by atoms with Crippen molar-refractivity contribution in [2.75, 3.05) is 0 Å². The van der Waals surface area contributed by atoms with Gasteiger partial charge in [0.2, 0.25) is 0 Å². The highest BCUT2D eigenvalue weighted by molar-refractivity contribution is 5.74. The van der Waals surface area contributed by atoms with Crippen molar-refractivity contribution in [3.63, 3.8) is 0 Å². The molecule has 0 spiro atoms. The van der Waals surface area contributed by atoms with E-state index in [1.165, 1.54) is 42.5 Å². The summed E-state index contributed by atoms with van der Waals surface area (Å²) >= 11 is 0. The lowest BCUT2D eigenvalue weighted by Crippen LogP contribution is -1.79. The molecule has 0 atom stereocenters. The molecule has 18 heavy (non-hydrogen) atoms. The third-order valence-electron chi connectivity index (χ3n) is 1.99. The minimum absolute atomic E-state index is 0.319. The van der Waals surface area contributed by atoms with Gasteiger partial charge in [0.1, 0.15) is 24.2 Å². The molecule has 0 bridgehead atoms. The average molecular weight is 248 g/mol. The zero-order chi connectivity index (χ0) is 13.4. The predicted molar refractivity (Wildman–Crippen MR) is 63.6 cm³/mol. The van der Waals surface area contributed by atoms with Crippen LogP contribution in [0.25, 0.3) is 0 Å². The highest BCUT2D eigenvalue weighted by Gasteiger charge is 1.89. The van der Waals surface area contributed by atoms with E-state index >= 15 is 0 Å². The molecule has 0 radical (unpaired) electrons. The number of carbonyl (C=O) groups excluding carboxylic acids is 2. The second kappa shape index (κ2) is 7.06. The van der Waals surface area contributed by atoms with E-state index in [1.807, 2.05) is 0 Å². The summed E-state index contributed by atoms with van der Waals surface area (Å²) in [6.45, 7) is 0. The third-order valence-corrected chi connectivity index (χ3v) is 1.99. The van der Waals surface area contributed by atoms with Crippen LogP contribution in [-0.2, 0) is 0 Å². The molecule has 0 saturated carbocycles. The van der Waals surface area contributed by atoms with Gasteiger partial charge in [0.15, 0.2) is 0 Å². The molecule has 0 aliphatic rings. The Bertz CT molecular complexity index is 522.